The summed E-state index contributed by atoms with van der Waals surface area (Å²) >= 11 is 1.30. The number of amides is 1. The number of thiophene rings is 1. The Morgan fingerprint density at radius 2 is 1.93 bits per heavy atom. The van der Waals surface area contributed by atoms with Crippen molar-refractivity contribution in [3.63, 3.8) is 0 Å². The first-order chi connectivity index (χ1) is 12.8. The minimum absolute atomic E-state index is 0.101. The lowest BCUT2D eigenvalue weighted by Gasteiger charge is -2.07. The van der Waals surface area contributed by atoms with Crippen molar-refractivity contribution in [3.05, 3.63) is 70.3 Å². The van der Waals surface area contributed by atoms with Gasteiger partial charge >= 0.3 is 0 Å². The average molecular weight is 406 g/mol. The maximum atomic E-state index is 12.4. The van der Waals surface area contributed by atoms with E-state index in [0.717, 1.165) is 4.88 Å². The van der Waals surface area contributed by atoms with Crippen LogP contribution in [0.2, 0.25) is 0 Å². The van der Waals surface area contributed by atoms with Crippen molar-refractivity contribution in [2.45, 2.75) is 24.5 Å². The van der Waals surface area contributed by atoms with Crippen LogP contribution in [0.4, 0.5) is 5.69 Å². The number of rotatable bonds is 7. The molecule has 0 fully saturated rings. The Morgan fingerprint density at radius 3 is 2.56 bits per heavy atom. The third-order valence-electron chi connectivity index (χ3n) is 3.69. The number of anilines is 1. The fourth-order valence-electron chi connectivity index (χ4n) is 2.39. The fraction of sp³-hybridized carbons (Fsp3) is 0.167. The summed E-state index contributed by atoms with van der Waals surface area (Å²) in [6.07, 6.45) is 0.606. The van der Waals surface area contributed by atoms with Crippen molar-refractivity contribution in [2.24, 2.45) is 0 Å². The van der Waals surface area contributed by atoms with Gasteiger partial charge in [-0.05, 0) is 48.5 Å². The summed E-state index contributed by atoms with van der Waals surface area (Å²) in [5, 5.41) is 12.8. The second-order valence-electron chi connectivity index (χ2n) is 5.75. The number of sulfonamides is 1. The van der Waals surface area contributed by atoms with Crippen molar-refractivity contribution in [2.75, 3.05) is 5.32 Å². The highest BCUT2D eigenvalue weighted by Gasteiger charge is 2.17. The minimum Gasteiger partial charge on any atom is -0.466 e. The number of carbonyl (C=O) groups excluding carboxylic acids is 1. The van der Waals surface area contributed by atoms with E-state index in [4.69, 9.17) is 4.42 Å². The van der Waals surface area contributed by atoms with E-state index in [9.17, 15) is 18.3 Å². The molecule has 9 heteroatoms. The van der Waals surface area contributed by atoms with Gasteiger partial charge in [-0.25, -0.2) is 13.1 Å². The summed E-state index contributed by atoms with van der Waals surface area (Å²) in [7, 11) is -3.69. The molecule has 0 spiro atoms. The number of hydrogen-bond acceptors (Lipinski definition) is 6. The van der Waals surface area contributed by atoms with Gasteiger partial charge in [0.05, 0.1) is 11.2 Å². The van der Waals surface area contributed by atoms with Crippen LogP contribution >= 0.6 is 11.3 Å². The molecule has 0 aliphatic carbocycles. The second kappa shape index (κ2) is 8.05. The van der Waals surface area contributed by atoms with Crippen LogP contribution in [0.1, 0.15) is 28.5 Å². The molecule has 0 radical (unpaired) electrons. The molecule has 142 valence electrons. The molecule has 0 bridgehead atoms. The van der Waals surface area contributed by atoms with Gasteiger partial charge in [-0.1, -0.05) is 0 Å². The van der Waals surface area contributed by atoms with Gasteiger partial charge in [0.25, 0.3) is 0 Å². The van der Waals surface area contributed by atoms with Crippen molar-refractivity contribution in [3.8, 4) is 0 Å². The smallest absolute Gasteiger partial charge is 0.240 e. The van der Waals surface area contributed by atoms with E-state index >= 15 is 0 Å². The zero-order valence-electron chi connectivity index (χ0n) is 14.4. The summed E-state index contributed by atoms with van der Waals surface area (Å²) in [6, 6.07) is 12.8. The highest BCUT2D eigenvalue weighted by molar-refractivity contribution is 7.89. The van der Waals surface area contributed by atoms with E-state index in [0.29, 0.717) is 16.3 Å². The zero-order chi connectivity index (χ0) is 19.4. The Morgan fingerprint density at radius 1 is 1.19 bits per heavy atom. The largest absolute Gasteiger partial charge is 0.466 e. The zero-order valence-corrected chi connectivity index (χ0v) is 16.0. The Bertz CT molecular complexity index is 1010. The van der Waals surface area contributed by atoms with Crippen molar-refractivity contribution >= 4 is 33.0 Å². The van der Waals surface area contributed by atoms with Crippen LogP contribution in [0.15, 0.2) is 64.1 Å². The predicted octanol–water partition coefficient (Wildman–Crippen LogP) is 2.86. The lowest BCUT2D eigenvalue weighted by molar-refractivity contribution is -0.114. The first-order valence-corrected chi connectivity index (χ1v) is 10.3. The third-order valence-corrected chi connectivity index (χ3v) is 6.24. The van der Waals surface area contributed by atoms with Crippen molar-refractivity contribution in [1.29, 1.82) is 0 Å². The molecule has 1 unspecified atom stereocenters. The molecule has 0 saturated carbocycles. The topological polar surface area (TPSA) is 109 Å². The Balaban J connectivity index is 1.64. The Hall–Kier alpha value is -2.46. The van der Waals surface area contributed by atoms with Crippen LogP contribution in [-0.4, -0.2) is 19.4 Å². The highest BCUT2D eigenvalue weighted by atomic mass is 32.2. The lowest BCUT2D eigenvalue weighted by atomic mass is 10.2. The van der Waals surface area contributed by atoms with Gasteiger partial charge < -0.3 is 14.8 Å². The first-order valence-electron chi connectivity index (χ1n) is 8.02. The number of aliphatic hydroxyl groups excluding tert-OH is 1. The molecule has 7 nitrogen and oxygen atoms in total. The van der Waals surface area contributed by atoms with Gasteiger partial charge in [-0.3, -0.25) is 4.79 Å². The Kier molecular flexibility index (Phi) is 5.76. The number of carbonyl (C=O) groups is 1. The monoisotopic (exact) mass is 406 g/mol. The first kappa shape index (κ1) is 19.3. The van der Waals surface area contributed by atoms with Gasteiger partial charge in [0.1, 0.15) is 11.9 Å². The van der Waals surface area contributed by atoms with E-state index in [1.54, 1.807) is 24.3 Å². The fourth-order valence-corrected chi connectivity index (χ4v) is 4.44. The molecule has 2 heterocycles. The molecule has 0 saturated heterocycles. The van der Waals surface area contributed by atoms with E-state index in [2.05, 4.69) is 10.0 Å². The lowest BCUT2D eigenvalue weighted by Crippen LogP contribution is -2.22. The van der Waals surface area contributed by atoms with Crippen LogP contribution in [0.5, 0.6) is 0 Å². The maximum Gasteiger partial charge on any atom is 0.240 e. The molecule has 0 aliphatic heterocycles. The molecule has 3 aromatic rings. The van der Waals surface area contributed by atoms with Crippen LogP contribution < -0.4 is 10.0 Å². The SMILES string of the molecule is CC(=O)Nc1ccc(S(=O)(=O)NCc2ccc(C(O)c3ccco3)s2)cc1. The van der Waals surface area contributed by atoms with Crippen LogP contribution in [-0.2, 0) is 21.4 Å². The van der Waals surface area contributed by atoms with E-state index in [-0.39, 0.29) is 17.3 Å². The van der Waals surface area contributed by atoms with Gasteiger partial charge in [-0.2, -0.15) is 0 Å². The van der Waals surface area contributed by atoms with E-state index in [1.807, 2.05) is 0 Å². The molecule has 2 aromatic heterocycles. The number of benzene rings is 1. The number of aliphatic hydroxyl groups is 1. The molecule has 0 aliphatic rings. The summed E-state index contributed by atoms with van der Waals surface area (Å²) in [4.78, 5) is 12.5. The van der Waals surface area contributed by atoms with Gasteiger partial charge in [-0.15, -0.1) is 11.3 Å². The normalized spacial score (nSPS) is 12.7. The third kappa shape index (κ3) is 4.83. The summed E-state index contributed by atoms with van der Waals surface area (Å²) < 4.78 is 32.5. The van der Waals surface area contributed by atoms with Crippen LogP contribution in [0.3, 0.4) is 0 Å². The molecule has 1 amide bonds. The molecule has 1 aromatic carbocycles. The molecular weight excluding hydrogens is 388 g/mol. The summed E-state index contributed by atoms with van der Waals surface area (Å²) in [5.41, 5.74) is 0.524. The van der Waals surface area contributed by atoms with Gasteiger partial charge in [0, 0.05) is 28.9 Å². The molecular formula is C18H18N2O5S2. The second-order valence-corrected chi connectivity index (χ2v) is 8.72. The van der Waals surface area contributed by atoms with E-state index < -0.39 is 16.1 Å². The summed E-state index contributed by atoms with van der Waals surface area (Å²) in [5.74, 6) is 0.206. The highest BCUT2D eigenvalue weighted by Crippen LogP contribution is 2.29. The average Bonchev–Trinajstić information content (AvgIpc) is 3.31. The predicted molar refractivity (Wildman–Crippen MR) is 102 cm³/mol. The van der Waals surface area contributed by atoms with Crippen LogP contribution in [0.25, 0.3) is 0 Å². The van der Waals surface area contributed by atoms with Crippen molar-refractivity contribution < 1.29 is 22.7 Å². The standard InChI is InChI=1S/C18H18N2O5S2/c1-12(21)20-13-4-7-15(8-5-13)27(23,24)19-11-14-6-9-17(26-14)18(22)16-3-2-10-25-16/h2-10,18-19,22H,11H2,1H3,(H,20,21). The Labute approximate surface area is 160 Å². The number of nitrogens with one attached hydrogen (secondary N) is 2. The minimum atomic E-state index is -3.69. The molecule has 27 heavy (non-hydrogen) atoms. The number of furan rings is 1. The quantitative estimate of drug-likeness (QED) is 0.559. The van der Waals surface area contributed by atoms with Crippen LogP contribution in [0, 0.1) is 0 Å². The number of hydrogen-bond donors (Lipinski definition) is 3. The summed E-state index contributed by atoms with van der Waals surface area (Å²) in [6.45, 7) is 1.48. The van der Waals surface area contributed by atoms with Crippen molar-refractivity contribution in [1.82, 2.24) is 4.72 Å². The van der Waals surface area contributed by atoms with Gasteiger partial charge in [0.15, 0.2) is 0 Å². The molecule has 3 rings (SSSR count). The molecule has 3 N–H and O–H groups in total. The maximum absolute atomic E-state index is 12.4. The van der Waals surface area contributed by atoms with Gasteiger partial charge in [0.2, 0.25) is 15.9 Å². The molecule has 1 atom stereocenters. The van der Waals surface area contributed by atoms with E-state index in [1.165, 1.54) is 48.8 Å².